The van der Waals surface area contributed by atoms with Crippen molar-refractivity contribution in [3.8, 4) is 0 Å². The van der Waals surface area contributed by atoms with Gasteiger partial charge in [-0.15, -0.1) is 0 Å². The highest BCUT2D eigenvalue weighted by Gasteiger charge is 2.16. The molecule has 1 aliphatic rings. The van der Waals surface area contributed by atoms with Crippen LogP contribution in [0.3, 0.4) is 0 Å². The van der Waals surface area contributed by atoms with E-state index in [0.29, 0.717) is 6.54 Å². The zero-order chi connectivity index (χ0) is 12.4. The second kappa shape index (κ2) is 4.79. The summed E-state index contributed by atoms with van der Waals surface area (Å²) in [6.07, 6.45) is 4.35. The minimum atomic E-state index is 0.581. The number of aryl methyl sites for hydroxylation is 2. The highest BCUT2D eigenvalue weighted by atomic mass is 14.5. The number of rotatable bonds is 1. The van der Waals surface area contributed by atoms with Crippen molar-refractivity contribution in [1.29, 1.82) is 0 Å². The highest BCUT2D eigenvalue weighted by Crippen LogP contribution is 2.32. The van der Waals surface area contributed by atoms with Crippen LogP contribution in [0.2, 0.25) is 0 Å². The Morgan fingerprint density at radius 1 is 0.833 bits per heavy atom. The van der Waals surface area contributed by atoms with Crippen molar-refractivity contribution in [2.45, 2.75) is 12.8 Å². The van der Waals surface area contributed by atoms with Gasteiger partial charge in [0.15, 0.2) is 0 Å². The van der Waals surface area contributed by atoms with E-state index < -0.39 is 0 Å². The summed E-state index contributed by atoms with van der Waals surface area (Å²) in [6, 6.07) is 17.3. The lowest BCUT2D eigenvalue weighted by Gasteiger charge is -2.11. The average molecular weight is 235 g/mol. The molecule has 2 aromatic carbocycles. The highest BCUT2D eigenvalue weighted by molar-refractivity contribution is 5.84. The number of hydrogen-bond donors (Lipinski definition) is 1. The fourth-order valence-electron chi connectivity index (χ4n) is 2.75. The monoisotopic (exact) mass is 235 g/mol. The standard InChI is InChI=1S/C17H17N/c18-12-11-17-15-7-3-1-5-13(15)9-10-14-6-2-4-8-16(14)17/h1-8,11H,9-10,12,18H2. The van der Waals surface area contributed by atoms with Gasteiger partial charge in [-0.3, -0.25) is 0 Å². The molecule has 2 aromatic rings. The van der Waals surface area contributed by atoms with E-state index in [1.807, 2.05) is 0 Å². The van der Waals surface area contributed by atoms with Crippen molar-refractivity contribution >= 4 is 5.57 Å². The lowest BCUT2D eigenvalue weighted by atomic mass is 9.94. The molecule has 0 fully saturated rings. The van der Waals surface area contributed by atoms with E-state index in [9.17, 15) is 0 Å². The third kappa shape index (κ3) is 1.87. The second-order valence-electron chi connectivity index (χ2n) is 4.67. The van der Waals surface area contributed by atoms with Crippen LogP contribution in [0.4, 0.5) is 0 Å². The summed E-state index contributed by atoms with van der Waals surface area (Å²) >= 11 is 0. The molecule has 0 saturated carbocycles. The van der Waals surface area contributed by atoms with Crippen LogP contribution in [0.25, 0.3) is 5.57 Å². The summed E-state index contributed by atoms with van der Waals surface area (Å²) in [5, 5.41) is 0. The molecule has 0 saturated heterocycles. The first-order valence-electron chi connectivity index (χ1n) is 6.47. The van der Waals surface area contributed by atoms with Gasteiger partial charge in [-0.2, -0.15) is 0 Å². The van der Waals surface area contributed by atoms with E-state index in [2.05, 4.69) is 54.6 Å². The fraction of sp³-hybridized carbons (Fsp3) is 0.176. The summed E-state index contributed by atoms with van der Waals surface area (Å²) < 4.78 is 0. The molecule has 2 N–H and O–H groups in total. The zero-order valence-corrected chi connectivity index (χ0v) is 10.4. The number of nitrogens with two attached hydrogens (primary N) is 1. The molecule has 0 spiro atoms. The summed E-state index contributed by atoms with van der Waals surface area (Å²) in [5.41, 5.74) is 12.6. The molecule has 1 nitrogen and oxygen atoms in total. The molecule has 0 amide bonds. The van der Waals surface area contributed by atoms with Crippen LogP contribution in [-0.4, -0.2) is 6.54 Å². The van der Waals surface area contributed by atoms with Gasteiger partial charge in [-0.25, -0.2) is 0 Å². The maximum atomic E-state index is 5.75. The van der Waals surface area contributed by atoms with Gasteiger partial charge < -0.3 is 5.73 Å². The Bertz CT molecular complexity index is 547. The molecule has 1 heteroatoms. The molecule has 0 aromatic heterocycles. The van der Waals surface area contributed by atoms with Gasteiger partial charge in [0.1, 0.15) is 0 Å². The van der Waals surface area contributed by atoms with Gasteiger partial charge in [0.05, 0.1) is 0 Å². The molecule has 1 aliphatic carbocycles. The van der Waals surface area contributed by atoms with Crippen LogP contribution in [0.15, 0.2) is 54.6 Å². The minimum absolute atomic E-state index is 0.581. The topological polar surface area (TPSA) is 26.0 Å². The Balaban J connectivity index is 2.25. The Morgan fingerprint density at radius 3 is 1.83 bits per heavy atom. The van der Waals surface area contributed by atoms with E-state index in [1.165, 1.54) is 27.8 Å². The lowest BCUT2D eigenvalue weighted by Crippen LogP contribution is -1.98. The molecule has 0 heterocycles. The molecule has 18 heavy (non-hydrogen) atoms. The van der Waals surface area contributed by atoms with Gasteiger partial charge in [-0.1, -0.05) is 54.6 Å². The van der Waals surface area contributed by atoms with Crippen LogP contribution < -0.4 is 5.73 Å². The van der Waals surface area contributed by atoms with Gasteiger partial charge in [0, 0.05) is 6.54 Å². The van der Waals surface area contributed by atoms with Gasteiger partial charge in [-0.05, 0) is 40.7 Å². The summed E-state index contributed by atoms with van der Waals surface area (Å²) in [6.45, 7) is 0.581. The first kappa shape index (κ1) is 11.2. The van der Waals surface area contributed by atoms with Crippen molar-refractivity contribution in [3.63, 3.8) is 0 Å². The van der Waals surface area contributed by atoms with E-state index in [4.69, 9.17) is 5.73 Å². The SMILES string of the molecule is NCC=C1c2ccccc2CCc2ccccc21. The Kier molecular flexibility index (Phi) is 2.99. The third-order valence-electron chi connectivity index (χ3n) is 3.60. The van der Waals surface area contributed by atoms with Gasteiger partial charge >= 0.3 is 0 Å². The molecular weight excluding hydrogens is 218 g/mol. The fourth-order valence-corrected chi connectivity index (χ4v) is 2.75. The predicted octanol–water partition coefficient (Wildman–Crippen LogP) is 3.18. The largest absolute Gasteiger partial charge is 0.327 e. The molecule has 0 atom stereocenters. The van der Waals surface area contributed by atoms with Crippen molar-refractivity contribution in [2.75, 3.05) is 6.54 Å². The van der Waals surface area contributed by atoms with E-state index in [0.717, 1.165) is 12.8 Å². The van der Waals surface area contributed by atoms with Crippen LogP contribution >= 0.6 is 0 Å². The van der Waals surface area contributed by atoms with E-state index >= 15 is 0 Å². The first-order chi connectivity index (χ1) is 8.90. The van der Waals surface area contributed by atoms with Crippen LogP contribution in [0.1, 0.15) is 22.3 Å². The molecule has 0 bridgehead atoms. The normalized spacial score (nSPS) is 13.5. The molecule has 0 radical (unpaired) electrons. The number of hydrogen-bond acceptors (Lipinski definition) is 1. The van der Waals surface area contributed by atoms with Crippen LogP contribution in [-0.2, 0) is 12.8 Å². The Morgan fingerprint density at radius 2 is 1.33 bits per heavy atom. The van der Waals surface area contributed by atoms with E-state index in [1.54, 1.807) is 0 Å². The van der Waals surface area contributed by atoms with Crippen molar-refractivity contribution in [3.05, 3.63) is 76.9 Å². The molecular formula is C17H17N. The summed E-state index contributed by atoms with van der Waals surface area (Å²) in [5.74, 6) is 0. The first-order valence-corrected chi connectivity index (χ1v) is 6.47. The van der Waals surface area contributed by atoms with Gasteiger partial charge in [0.2, 0.25) is 0 Å². The van der Waals surface area contributed by atoms with Crippen LogP contribution in [0, 0.1) is 0 Å². The quantitative estimate of drug-likeness (QED) is 0.807. The van der Waals surface area contributed by atoms with Crippen molar-refractivity contribution < 1.29 is 0 Å². The maximum Gasteiger partial charge on any atom is 0.0116 e. The number of benzene rings is 2. The van der Waals surface area contributed by atoms with Crippen LogP contribution in [0.5, 0.6) is 0 Å². The lowest BCUT2D eigenvalue weighted by molar-refractivity contribution is 0.965. The molecule has 3 rings (SSSR count). The van der Waals surface area contributed by atoms with E-state index in [-0.39, 0.29) is 0 Å². The average Bonchev–Trinajstić information content (AvgIpc) is 2.58. The molecule has 90 valence electrons. The second-order valence-corrected chi connectivity index (χ2v) is 4.67. The minimum Gasteiger partial charge on any atom is -0.327 e. The van der Waals surface area contributed by atoms with Crippen molar-refractivity contribution in [2.24, 2.45) is 5.73 Å². The predicted molar refractivity (Wildman–Crippen MR) is 76.4 cm³/mol. The summed E-state index contributed by atoms with van der Waals surface area (Å²) in [7, 11) is 0. The zero-order valence-electron chi connectivity index (χ0n) is 10.4. The smallest absolute Gasteiger partial charge is 0.0116 e. The molecule has 0 unspecified atom stereocenters. The summed E-state index contributed by atoms with van der Waals surface area (Å²) in [4.78, 5) is 0. The Labute approximate surface area is 108 Å². The van der Waals surface area contributed by atoms with Crippen molar-refractivity contribution in [1.82, 2.24) is 0 Å². The number of fused-ring (bicyclic) bond motifs is 2. The third-order valence-corrected chi connectivity index (χ3v) is 3.60. The molecule has 0 aliphatic heterocycles. The Hall–Kier alpha value is -1.86. The van der Waals surface area contributed by atoms with Gasteiger partial charge in [0.25, 0.3) is 0 Å². The maximum absolute atomic E-state index is 5.75.